The molecule has 2 heteroatoms. The van der Waals surface area contributed by atoms with E-state index in [-0.39, 0.29) is 22.9 Å². The number of pyridine rings is 1. The van der Waals surface area contributed by atoms with Crippen LogP contribution in [-0.2, 0) is 6.42 Å². The minimum absolute atomic E-state index is 0.240. The van der Waals surface area contributed by atoms with Crippen LogP contribution < -0.4 is 0 Å². The third-order valence-corrected chi connectivity index (χ3v) is 5.89. The first-order valence-corrected chi connectivity index (χ1v) is 6.99. The third-order valence-electron chi connectivity index (χ3n) is 5.89. The fourth-order valence-electron chi connectivity index (χ4n) is 4.11. The molecule has 0 aliphatic heterocycles. The van der Waals surface area contributed by atoms with Gasteiger partial charge in [-0.15, -0.1) is 0 Å². The molecule has 2 aliphatic rings. The van der Waals surface area contributed by atoms with Crippen LogP contribution in [-0.4, -0.2) is 16.2 Å². The van der Waals surface area contributed by atoms with E-state index in [0.717, 1.165) is 18.5 Å². The fraction of sp³-hybridized carbons (Fsp3) is 0.688. The number of hydrogen-bond acceptors (Lipinski definition) is 2. The molecule has 0 radical (unpaired) electrons. The monoisotopic (exact) mass is 245 g/mol. The van der Waals surface area contributed by atoms with Crippen LogP contribution in [0.2, 0.25) is 0 Å². The molecule has 2 nitrogen and oxygen atoms in total. The zero-order valence-electron chi connectivity index (χ0n) is 11.8. The molecule has 2 aliphatic carbocycles. The fourth-order valence-corrected chi connectivity index (χ4v) is 4.11. The van der Waals surface area contributed by atoms with Crippen molar-refractivity contribution in [3.8, 4) is 0 Å². The highest BCUT2D eigenvalue weighted by molar-refractivity contribution is 5.31. The van der Waals surface area contributed by atoms with Crippen molar-refractivity contribution in [3.05, 3.63) is 29.6 Å². The van der Waals surface area contributed by atoms with Crippen molar-refractivity contribution in [2.75, 3.05) is 0 Å². The average Bonchev–Trinajstić information content (AvgIpc) is 2.66. The lowest BCUT2D eigenvalue weighted by Crippen LogP contribution is -2.23. The molecule has 1 heterocycles. The van der Waals surface area contributed by atoms with E-state index in [1.165, 1.54) is 5.56 Å². The maximum Gasteiger partial charge on any atom is 0.0662 e. The van der Waals surface area contributed by atoms with Crippen molar-refractivity contribution in [1.82, 2.24) is 4.98 Å². The number of nitrogens with zero attached hydrogens (tertiary/aromatic N) is 1. The lowest BCUT2D eigenvalue weighted by Gasteiger charge is -2.20. The van der Waals surface area contributed by atoms with E-state index in [2.05, 4.69) is 38.7 Å². The number of aromatic nitrogens is 1. The van der Waals surface area contributed by atoms with Crippen molar-refractivity contribution >= 4 is 0 Å². The molecule has 1 fully saturated rings. The highest BCUT2D eigenvalue weighted by atomic mass is 16.3. The van der Waals surface area contributed by atoms with Crippen molar-refractivity contribution < 1.29 is 5.11 Å². The van der Waals surface area contributed by atoms with Crippen molar-refractivity contribution in [3.63, 3.8) is 0 Å². The SMILES string of the molecule is CC1(C)C(C(O)C2CCc3cccnc32)C1(C)C. The standard InChI is InChI=1S/C16H23NO/c1-15(2)14(16(15,3)4)13(18)11-8-7-10-6-5-9-17-12(10)11/h5-6,9,11,13-14,18H,7-8H2,1-4H3. The number of aryl methyl sites for hydroxylation is 1. The molecular weight excluding hydrogens is 222 g/mol. The van der Waals surface area contributed by atoms with E-state index in [0.29, 0.717) is 5.92 Å². The van der Waals surface area contributed by atoms with E-state index < -0.39 is 0 Å². The van der Waals surface area contributed by atoms with Gasteiger partial charge in [0.05, 0.1) is 6.10 Å². The molecule has 2 unspecified atom stereocenters. The largest absolute Gasteiger partial charge is 0.392 e. The maximum atomic E-state index is 10.8. The molecule has 0 spiro atoms. The Morgan fingerprint density at radius 2 is 1.94 bits per heavy atom. The number of fused-ring (bicyclic) bond motifs is 1. The van der Waals surface area contributed by atoms with Gasteiger partial charge in [0.15, 0.2) is 0 Å². The van der Waals surface area contributed by atoms with Crippen LogP contribution in [0.3, 0.4) is 0 Å². The molecule has 0 bridgehead atoms. The Morgan fingerprint density at radius 3 is 2.56 bits per heavy atom. The van der Waals surface area contributed by atoms with Gasteiger partial charge in [0.2, 0.25) is 0 Å². The zero-order chi connectivity index (χ0) is 13.1. The van der Waals surface area contributed by atoms with E-state index in [9.17, 15) is 5.11 Å². The van der Waals surface area contributed by atoms with Crippen molar-refractivity contribution in [2.45, 2.75) is 52.6 Å². The molecule has 1 N–H and O–H groups in total. The van der Waals surface area contributed by atoms with Crippen molar-refractivity contribution in [1.29, 1.82) is 0 Å². The first kappa shape index (κ1) is 12.2. The molecule has 0 amide bonds. The normalized spacial score (nSPS) is 29.9. The average molecular weight is 245 g/mol. The Labute approximate surface area is 109 Å². The Morgan fingerprint density at radius 1 is 1.28 bits per heavy atom. The minimum Gasteiger partial charge on any atom is -0.392 e. The molecule has 1 aromatic rings. The first-order valence-electron chi connectivity index (χ1n) is 6.99. The van der Waals surface area contributed by atoms with E-state index in [1.54, 1.807) is 0 Å². The summed E-state index contributed by atoms with van der Waals surface area (Å²) in [4.78, 5) is 4.51. The van der Waals surface area contributed by atoms with Crippen LogP contribution >= 0.6 is 0 Å². The van der Waals surface area contributed by atoms with Crippen molar-refractivity contribution in [2.24, 2.45) is 16.7 Å². The van der Waals surface area contributed by atoms with Gasteiger partial charge in [-0.2, -0.15) is 0 Å². The lowest BCUT2D eigenvalue weighted by molar-refractivity contribution is 0.0988. The second kappa shape index (κ2) is 3.57. The first-order chi connectivity index (χ1) is 8.37. The van der Waals surface area contributed by atoms with E-state index in [4.69, 9.17) is 0 Å². The Balaban J connectivity index is 1.87. The third kappa shape index (κ3) is 1.41. The second-order valence-electron chi connectivity index (χ2n) is 7.10. The summed E-state index contributed by atoms with van der Waals surface area (Å²) in [7, 11) is 0. The second-order valence-corrected chi connectivity index (χ2v) is 7.10. The minimum atomic E-state index is -0.244. The molecule has 0 saturated heterocycles. The summed E-state index contributed by atoms with van der Waals surface area (Å²) in [6.45, 7) is 9.09. The summed E-state index contributed by atoms with van der Waals surface area (Å²) in [5.41, 5.74) is 2.95. The predicted molar refractivity (Wildman–Crippen MR) is 72.4 cm³/mol. The van der Waals surface area contributed by atoms with Gasteiger partial charge in [-0.3, -0.25) is 4.98 Å². The summed E-state index contributed by atoms with van der Waals surface area (Å²) in [6, 6.07) is 4.15. The summed E-state index contributed by atoms with van der Waals surface area (Å²) in [6.07, 6.45) is 3.73. The van der Waals surface area contributed by atoms with Gasteiger partial charge >= 0.3 is 0 Å². The predicted octanol–water partition coefficient (Wildman–Crippen LogP) is 3.15. The van der Waals surface area contributed by atoms with Gasteiger partial charge in [-0.05, 0) is 41.2 Å². The summed E-state index contributed by atoms with van der Waals surface area (Å²) >= 11 is 0. The maximum absolute atomic E-state index is 10.8. The van der Waals surface area contributed by atoms with E-state index in [1.807, 2.05) is 12.3 Å². The van der Waals surface area contributed by atoms with Gasteiger partial charge in [0.25, 0.3) is 0 Å². The van der Waals surface area contributed by atoms with Crippen LogP contribution in [0, 0.1) is 16.7 Å². The van der Waals surface area contributed by atoms with E-state index >= 15 is 0 Å². The van der Waals surface area contributed by atoms with Gasteiger partial charge in [-0.25, -0.2) is 0 Å². The molecule has 1 saturated carbocycles. The van der Waals surface area contributed by atoms with Gasteiger partial charge < -0.3 is 5.11 Å². The van der Waals surface area contributed by atoms with Crippen LogP contribution in [0.4, 0.5) is 0 Å². The molecule has 3 rings (SSSR count). The molecular formula is C16H23NO. The molecule has 1 aromatic heterocycles. The summed E-state index contributed by atoms with van der Waals surface area (Å²) in [5.74, 6) is 0.634. The van der Waals surface area contributed by atoms with Gasteiger partial charge in [0.1, 0.15) is 0 Å². The number of hydrogen-bond donors (Lipinski definition) is 1. The number of rotatable bonds is 2. The Kier molecular flexibility index (Phi) is 2.41. The number of aliphatic hydroxyl groups is 1. The lowest BCUT2D eigenvalue weighted by atomic mass is 9.92. The Bertz CT molecular complexity index is 464. The quantitative estimate of drug-likeness (QED) is 0.868. The highest BCUT2D eigenvalue weighted by Crippen LogP contribution is 2.71. The van der Waals surface area contributed by atoms with Gasteiger partial charge in [-0.1, -0.05) is 33.8 Å². The Hall–Kier alpha value is -0.890. The topological polar surface area (TPSA) is 33.1 Å². The van der Waals surface area contributed by atoms with Crippen LogP contribution in [0.15, 0.2) is 18.3 Å². The number of aliphatic hydroxyl groups excluding tert-OH is 1. The molecule has 2 atom stereocenters. The highest BCUT2D eigenvalue weighted by Gasteiger charge is 2.68. The van der Waals surface area contributed by atoms with Crippen LogP contribution in [0.5, 0.6) is 0 Å². The van der Waals surface area contributed by atoms with Gasteiger partial charge in [0, 0.05) is 17.8 Å². The zero-order valence-corrected chi connectivity index (χ0v) is 11.8. The molecule has 18 heavy (non-hydrogen) atoms. The smallest absolute Gasteiger partial charge is 0.0662 e. The van der Waals surface area contributed by atoms with Crippen LogP contribution in [0.25, 0.3) is 0 Å². The molecule has 0 aromatic carbocycles. The summed E-state index contributed by atoms with van der Waals surface area (Å²) in [5, 5.41) is 10.8. The molecule has 98 valence electrons. The summed E-state index contributed by atoms with van der Waals surface area (Å²) < 4.78 is 0. The van der Waals surface area contributed by atoms with Crippen LogP contribution in [0.1, 0.15) is 51.3 Å².